The molecule has 1 heterocycles. The number of aryl methyl sites for hydroxylation is 1. The van der Waals surface area contributed by atoms with Crippen LogP contribution in [0.15, 0.2) is 48.5 Å². The first-order valence-electron chi connectivity index (χ1n) is 7.63. The van der Waals surface area contributed by atoms with Crippen molar-refractivity contribution in [2.45, 2.75) is 25.6 Å². The lowest BCUT2D eigenvalue weighted by Gasteiger charge is -2.17. The maximum absolute atomic E-state index is 12.8. The molecule has 1 fully saturated rings. The molecule has 1 saturated heterocycles. The predicted octanol–water partition coefficient (Wildman–Crippen LogP) is 3.76. The Labute approximate surface area is 142 Å². The fraction of sp³-hybridized carbons (Fsp3) is 0.222. The van der Waals surface area contributed by atoms with Crippen LogP contribution in [0, 0.1) is 6.92 Å². The number of hydrogen-bond donors (Lipinski definition) is 1. The van der Waals surface area contributed by atoms with Gasteiger partial charge in [-0.1, -0.05) is 23.8 Å². The minimum absolute atomic E-state index is 0.0713. The SMILES string of the molecule is Cc1ccc(NC2CC(=O)N(c3cccc(C(F)(F)F)c3)C2=O)cc1. The number of rotatable bonds is 3. The fourth-order valence-corrected chi connectivity index (χ4v) is 2.69. The third-order valence-electron chi connectivity index (χ3n) is 3.97. The molecule has 1 aliphatic rings. The van der Waals surface area contributed by atoms with Crippen LogP contribution in [0.5, 0.6) is 0 Å². The first kappa shape index (κ1) is 17.0. The van der Waals surface area contributed by atoms with Crippen molar-refractivity contribution in [3.8, 4) is 0 Å². The molecule has 0 spiro atoms. The van der Waals surface area contributed by atoms with Crippen LogP contribution in [0.3, 0.4) is 0 Å². The molecule has 130 valence electrons. The molecule has 0 aliphatic carbocycles. The van der Waals surface area contributed by atoms with E-state index in [2.05, 4.69) is 5.32 Å². The second-order valence-electron chi connectivity index (χ2n) is 5.88. The summed E-state index contributed by atoms with van der Waals surface area (Å²) in [5, 5.41) is 2.96. The third-order valence-corrected chi connectivity index (χ3v) is 3.97. The zero-order chi connectivity index (χ0) is 18.2. The molecule has 7 heteroatoms. The smallest absolute Gasteiger partial charge is 0.373 e. The topological polar surface area (TPSA) is 49.4 Å². The number of imide groups is 1. The number of carbonyl (C=O) groups is 2. The van der Waals surface area contributed by atoms with E-state index in [1.54, 1.807) is 12.1 Å². The largest absolute Gasteiger partial charge is 0.416 e. The normalized spacial score (nSPS) is 17.9. The van der Waals surface area contributed by atoms with Crippen molar-refractivity contribution in [3.05, 3.63) is 59.7 Å². The van der Waals surface area contributed by atoms with Crippen LogP contribution >= 0.6 is 0 Å². The van der Waals surface area contributed by atoms with Gasteiger partial charge in [-0.2, -0.15) is 13.2 Å². The van der Waals surface area contributed by atoms with Crippen molar-refractivity contribution < 1.29 is 22.8 Å². The summed E-state index contributed by atoms with van der Waals surface area (Å²) < 4.78 is 38.5. The number of amides is 2. The van der Waals surface area contributed by atoms with E-state index in [1.807, 2.05) is 19.1 Å². The Kier molecular flexibility index (Phi) is 4.24. The molecule has 4 nitrogen and oxygen atoms in total. The lowest BCUT2D eigenvalue weighted by Crippen LogP contribution is -2.35. The summed E-state index contributed by atoms with van der Waals surface area (Å²) in [6.45, 7) is 1.92. The van der Waals surface area contributed by atoms with Gasteiger partial charge in [-0.25, -0.2) is 4.90 Å². The minimum Gasteiger partial charge on any atom is -0.373 e. The van der Waals surface area contributed by atoms with Crippen LogP contribution in [0.4, 0.5) is 24.5 Å². The molecule has 25 heavy (non-hydrogen) atoms. The Morgan fingerprint density at radius 3 is 2.40 bits per heavy atom. The highest BCUT2D eigenvalue weighted by molar-refractivity contribution is 6.23. The van der Waals surface area contributed by atoms with Crippen LogP contribution in [-0.2, 0) is 15.8 Å². The van der Waals surface area contributed by atoms with Crippen LogP contribution in [0.2, 0.25) is 0 Å². The van der Waals surface area contributed by atoms with Gasteiger partial charge in [0.1, 0.15) is 6.04 Å². The van der Waals surface area contributed by atoms with E-state index in [4.69, 9.17) is 0 Å². The molecule has 2 aromatic carbocycles. The van der Waals surface area contributed by atoms with Crippen LogP contribution in [0.25, 0.3) is 0 Å². The Morgan fingerprint density at radius 2 is 1.76 bits per heavy atom. The number of nitrogens with zero attached hydrogens (tertiary/aromatic N) is 1. The van der Waals surface area contributed by atoms with Crippen molar-refractivity contribution in [1.82, 2.24) is 0 Å². The van der Waals surface area contributed by atoms with Gasteiger partial charge in [0, 0.05) is 5.69 Å². The molecule has 0 aromatic heterocycles. The molecule has 3 rings (SSSR count). The highest BCUT2D eigenvalue weighted by atomic mass is 19.4. The highest BCUT2D eigenvalue weighted by Gasteiger charge is 2.40. The van der Waals surface area contributed by atoms with Gasteiger partial charge in [0.15, 0.2) is 0 Å². The third kappa shape index (κ3) is 3.50. The van der Waals surface area contributed by atoms with E-state index in [-0.39, 0.29) is 12.1 Å². The number of hydrogen-bond acceptors (Lipinski definition) is 3. The quantitative estimate of drug-likeness (QED) is 0.860. The molecular weight excluding hydrogens is 333 g/mol. The molecule has 2 amide bonds. The van der Waals surface area contributed by atoms with E-state index < -0.39 is 29.6 Å². The lowest BCUT2D eigenvalue weighted by atomic mass is 10.2. The van der Waals surface area contributed by atoms with Crippen molar-refractivity contribution in [1.29, 1.82) is 0 Å². The highest BCUT2D eigenvalue weighted by Crippen LogP contribution is 2.33. The van der Waals surface area contributed by atoms with Gasteiger partial charge in [-0.3, -0.25) is 9.59 Å². The maximum atomic E-state index is 12.8. The van der Waals surface area contributed by atoms with Gasteiger partial charge in [0.05, 0.1) is 17.7 Å². The second kappa shape index (κ2) is 6.23. The number of carbonyl (C=O) groups excluding carboxylic acids is 2. The van der Waals surface area contributed by atoms with Crippen LogP contribution < -0.4 is 10.2 Å². The van der Waals surface area contributed by atoms with Gasteiger partial charge >= 0.3 is 6.18 Å². The van der Waals surface area contributed by atoms with Crippen molar-refractivity contribution in [3.63, 3.8) is 0 Å². The van der Waals surface area contributed by atoms with Gasteiger partial charge in [0.2, 0.25) is 5.91 Å². The van der Waals surface area contributed by atoms with E-state index in [0.717, 1.165) is 22.6 Å². The number of anilines is 2. The summed E-state index contributed by atoms with van der Waals surface area (Å²) >= 11 is 0. The monoisotopic (exact) mass is 348 g/mol. The zero-order valence-corrected chi connectivity index (χ0v) is 13.3. The minimum atomic E-state index is -4.54. The molecule has 1 unspecified atom stereocenters. The molecule has 0 saturated carbocycles. The lowest BCUT2D eigenvalue weighted by molar-refractivity contribution is -0.137. The average molecular weight is 348 g/mol. The molecule has 2 aromatic rings. The summed E-state index contributed by atoms with van der Waals surface area (Å²) in [7, 11) is 0. The van der Waals surface area contributed by atoms with Crippen molar-refractivity contribution in [2.75, 3.05) is 10.2 Å². The number of benzene rings is 2. The number of halogens is 3. The Bertz CT molecular complexity index is 816. The van der Waals surface area contributed by atoms with Crippen molar-refractivity contribution in [2.24, 2.45) is 0 Å². The summed E-state index contributed by atoms with van der Waals surface area (Å²) in [5.41, 5.74) is 0.742. The van der Waals surface area contributed by atoms with Crippen LogP contribution in [-0.4, -0.2) is 17.9 Å². The standard InChI is InChI=1S/C18H15F3N2O2/c1-11-5-7-13(8-6-11)22-15-10-16(24)23(17(15)25)14-4-2-3-12(9-14)18(19,20)21/h2-9,15,22H,10H2,1H3. The van der Waals surface area contributed by atoms with Crippen molar-refractivity contribution >= 4 is 23.2 Å². The number of nitrogens with one attached hydrogen (secondary N) is 1. The summed E-state index contributed by atoms with van der Waals surface area (Å²) in [6.07, 6.45) is -4.65. The Balaban J connectivity index is 1.83. The fourth-order valence-electron chi connectivity index (χ4n) is 2.69. The van der Waals surface area contributed by atoms with E-state index in [9.17, 15) is 22.8 Å². The molecular formula is C18H15F3N2O2. The zero-order valence-electron chi connectivity index (χ0n) is 13.3. The van der Waals surface area contributed by atoms with Gasteiger partial charge in [0.25, 0.3) is 5.91 Å². The first-order valence-corrected chi connectivity index (χ1v) is 7.63. The Morgan fingerprint density at radius 1 is 1.08 bits per heavy atom. The van der Waals surface area contributed by atoms with Gasteiger partial charge < -0.3 is 5.32 Å². The molecule has 1 aliphatic heterocycles. The summed E-state index contributed by atoms with van der Waals surface area (Å²) in [5.74, 6) is -1.10. The molecule has 1 atom stereocenters. The van der Waals surface area contributed by atoms with Crippen LogP contribution in [0.1, 0.15) is 17.5 Å². The second-order valence-corrected chi connectivity index (χ2v) is 5.88. The molecule has 1 N–H and O–H groups in total. The molecule has 0 bridgehead atoms. The van der Waals surface area contributed by atoms with Gasteiger partial charge in [-0.15, -0.1) is 0 Å². The summed E-state index contributed by atoms with van der Waals surface area (Å²) in [6, 6.07) is 10.7. The average Bonchev–Trinajstić information content (AvgIpc) is 2.83. The maximum Gasteiger partial charge on any atom is 0.416 e. The predicted molar refractivity (Wildman–Crippen MR) is 87.1 cm³/mol. The number of alkyl halides is 3. The first-order chi connectivity index (χ1) is 11.8. The summed E-state index contributed by atoms with van der Waals surface area (Å²) in [4.78, 5) is 25.5. The van der Waals surface area contributed by atoms with Gasteiger partial charge in [-0.05, 0) is 37.3 Å². The van der Waals surface area contributed by atoms with E-state index >= 15 is 0 Å². The van der Waals surface area contributed by atoms with E-state index in [1.165, 1.54) is 12.1 Å². The molecule has 0 radical (unpaired) electrons. The van der Waals surface area contributed by atoms with E-state index in [0.29, 0.717) is 5.69 Å². The Hall–Kier alpha value is -2.83.